The van der Waals surface area contributed by atoms with Gasteiger partial charge in [0.15, 0.2) is 6.04 Å². The number of aromatic nitrogens is 2. The molecule has 1 aliphatic rings. The largest absolute Gasteiger partial charge is 0.444 e. The van der Waals surface area contributed by atoms with Gasteiger partial charge in [-0.05, 0) is 82.5 Å². The van der Waals surface area contributed by atoms with Gasteiger partial charge in [0, 0.05) is 29.4 Å². The lowest BCUT2D eigenvalue weighted by Crippen LogP contribution is -2.40. The molecule has 3 amide bonds. The molecule has 0 aliphatic carbocycles. The Kier molecular flexibility index (Phi) is 7.21. The van der Waals surface area contributed by atoms with Crippen molar-refractivity contribution in [1.29, 1.82) is 0 Å². The number of nitrogens with one attached hydrogen (secondary N) is 3. The SMILES string of the molecule is Cc1cc(NC(=O)C(NC(=O)OC(C)(C)C)c2nc3cc(Cl)ccc3[nH]2)ccc1C(=O)N1CCCC1. The van der Waals surface area contributed by atoms with E-state index in [1.54, 1.807) is 57.2 Å². The Morgan fingerprint density at radius 2 is 1.83 bits per heavy atom. The number of anilines is 1. The van der Waals surface area contributed by atoms with Crippen LogP contribution in [0.25, 0.3) is 11.0 Å². The molecule has 0 saturated carbocycles. The fourth-order valence-electron chi connectivity index (χ4n) is 4.11. The standard InChI is InChI=1S/C26H30ClN5O4/c1-15-13-17(8-9-18(15)24(34)32-11-5-6-12-32)28-23(33)21(31-25(35)36-26(2,3)4)22-29-19-10-7-16(27)14-20(19)30-22/h7-10,13-14,21H,5-6,11-12H2,1-4H3,(H,28,33)(H,29,30)(H,31,35). The zero-order valence-electron chi connectivity index (χ0n) is 20.8. The fraction of sp³-hybridized carbons (Fsp3) is 0.385. The molecule has 0 radical (unpaired) electrons. The Labute approximate surface area is 214 Å². The number of aryl methyl sites for hydroxylation is 1. The van der Waals surface area contributed by atoms with Crippen LogP contribution in [0.4, 0.5) is 10.5 Å². The van der Waals surface area contributed by atoms with Crippen LogP contribution >= 0.6 is 11.6 Å². The van der Waals surface area contributed by atoms with Crippen LogP contribution in [0.15, 0.2) is 36.4 Å². The third-order valence-corrected chi connectivity index (χ3v) is 6.01. The number of carbonyl (C=O) groups excluding carboxylic acids is 3. The second kappa shape index (κ2) is 10.2. The van der Waals surface area contributed by atoms with Gasteiger partial charge in [0.05, 0.1) is 11.0 Å². The molecule has 1 saturated heterocycles. The highest BCUT2D eigenvalue weighted by Crippen LogP contribution is 2.23. The highest BCUT2D eigenvalue weighted by atomic mass is 35.5. The summed E-state index contributed by atoms with van der Waals surface area (Å²) in [7, 11) is 0. The minimum atomic E-state index is -1.17. The van der Waals surface area contributed by atoms with Crippen LogP contribution < -0.4 is 10.6 Å². The lowest BCUT2D eigenvalue weighted by molar-refractivity contribution is -0.118. The maximum Gasteiger partial charge on any atom is 0.408 e. The summed E-state index contributed by atoms with van der Waals surface area (Å²) < 4.78 is 5.36. The van der Waals surface area contributed by atoms with Crippen molar-refractivity contribution >= 4 is 46.2 Å². The summed E-state index contributed by atoms with van der Waals surface area (Å²) in [6, 6.07) is 9.08. The summed E-state index contributed by atoms with van der Waals surface area (Å²) in [5, 5.41) is 5.93. The minimum Gasteiger partial charge on any atom is -0.444 e. The Balaban J connectivity index is 1.57. The predicted octanol–water partition coefficient (Wildman–Crippen LogP) is 4.97. The van der Waals surface area contributed by atoms with E-state index in [1.165, 1.54) is 0 Å². The van der Waals surface area contributed by atoms with Crippen molar-refractivity contribution in [2.75, 3.05) is 18.4 Å². The van der Waals surface area contributed by atoms with E-state index in [2.05, 4.69) is 20.6 Å². The number of H-pyrrole nitrogens is 1. The molecule has 36 heavy (non-hydrogen) atoms. The first kappa shape index (κ1) is 25.5. The molecule has 190 valence electrons. The number of likely N-dealkylation sites (tertiary alicyclic amines) is 1. The van der Waals surface area contributed by atoms with Gasteiger partial charge in [0.25, 0.3) is 11.8 Å². The summed E-state index contributed by atoms with van der Waals surface area (Å²) in [5.41, 5.74) is 2.32. The third kappa shape index (κ3) is 5.96. The number of carbonyl (C=O) groups is 3. The first-order valence-electron chi connectivity index (χ1n) is 11.9. The zero-order chi connectivity index (χ0) is 26.0. The Bertz CT molecular complexity index is 1310. The number of benzene rings is 2. The molecule has 0 spiro atoms. The lowest BCUT2D eigenvalue weighted by atomic mass is 10.1. The van der Waals surface area contributed by atoms with Crippen LogP contribution in [0, 0.1) is 6.92 Å². The van der Waals surface area contributed by atoms with E-state index in [0.29, 0.717) is 27.3 Å². The molecule has 0 bridgehead atoms. The van der Waals surface area contributed by atoms with Crippen molar-refractivity contribution in [3.05, 3.63) is 58.4 Å². The van der Waals surface area contributed by atoms with E-state index in [1.807, 2.05) is 11.8 Å². The van der Waals surface area contributed by atoms with E-state index < -0.39 is 23.6 Å². The average Bonchev–Trinajstić information content (AvgIpc) is 3.45. The van der Waals surface area contributed by atoms with Crippen LogP contribution in [-0.2, 0) is 9.53 Å². The molecule has 1 aromatic heterocycles. The molecule has 3 N–H and O–H groups in total. The Morgan fingerprint density at radius 3 is 2.50 bits per heavy atom. The van der Waals surface area contributed by atoms with Gasteiger partial charge in [-0.2, -0.15) is 0 Å². The van der Waals surface area contributed by atoms with Gasteiger partial charge in [-0.3, -0.25) is 9.59 Å². The molecule has 1 fully saturated rings. The van der Waals surface area contributed by atoms with Gasteiger partial charge in [0.2, 0.25) is 0 Å². The summed E-state index contributed by atoms with van der Waals surface area (Å²) in [4.78, 5) is 48.1. The summed E-state index contributed by atoms with van der Waals surface area (Å²) in [6.45, 7) is 8.56. The number of rotatable bonds is 5. The van der Waals surface area contributed by atoms with Crippen LogP contribution in [-0.4, -0.2) is 51.5 Å². The van der Waals surface area contributed by atoms with Gasteiger partial charge >= 0.3 is 6.09 Å². The van der Waals surface area contributed by atoms with Crippen molar-refractivity contribution in [2.24, 2.45) is 0 Å². The molecular weight excluding hydrogens is 482 g/mol. The first-order valence-corrected chi connectivity index (χ1v) is 12.2. The Morgan fingerprint density at radius 1 is 1.11 bits per heavy atom. The molecule has 1 atom stereocenters. The normalized spacial score (nSPS) is 14.5. The Hall–Kier alpha value is -3.59. The van der Waals surface area contributed by atoms with E-state index in [4.69, 9.17) is 16.3 Å². The van der Waals surface area contributed by atoms with Crippen LogP contribution in [0.5, 0.6) is 0 Å². The molecule has 2 aromatic carbocycles. The monoisotopic (exact) mass is 511 g/mol. The van der Waals surface area contributed by atoms with Crippen molar-refractivity contribution in [1.82, 2.24) is 20.2 Å². The number of ether oxygens (including phenoxy) is 1. The van der Waals surface area contributed by atoms with E-state index in [0.717, 1.165) is 31.5 Å². The number of hydrogen-bond acceptors (Lipinski definition) is 5. The number of halogens is 1. The molecule has 4 rings (SSSR count). The average molecular weight is 512 g/mol. The minimum absolute atomic E-state index is 0.00622. The van der Waals surface area contributed by atoms with Crippen molar-refractivity contribution in [3.8, 4) is 0 Å². The molecule has 1 unspecified atom stereocenters. The summed E-state index contributed by atoms with van der Waals surface area (Å²) in [6.07, 6.45) is 1.27. The second-order valence-corrected chi connectivity index (χ2v) is 10.3. The maximum absolute atomic E-state index is 13.4. The topological polar surface area (TPSA) is 116 Å². The van der Waals surface area contributed by atoms with E-state index in [9.17, 15) is 14.4 Å². The lowest BCUT2D eigenvalue weighted by Gasteiger charge is -2.22. The molecular formula is C26H30ClN5O4. The zero-order valence-corrected chi connectivity index (χ0v) is 21.5. The predicted molar refractivity (Wildman–Crippen MR) is 138 cm³/mol. The van der Waals surface area contributed by atoms with Gasteiger partial charge in [-0.15, -0.1) is 0 Å². The highest BCUT2D eigenvalue weighted by molar-refractivity contribution is 6.31. The second-order valence-electron chi connectivity index (χ2n) is 9.88. The van der Waals surface area contributed by atoms with Gasteiger partial charge < -0.3 is 25.3 Å². The van der Waals surface area contributed by atoms with E-state index >= 15 is 0 Å². The van der Waals surface area contributed by atoms with Gasteiger partial charge in [-0.1, -0.05) is 11.6 Å². The smallest absolute Gasteiger partial charge is 0.408 e. The molecule has 2 heterocycles. The number of aromatic amines is 1. The molecule has 1 aliphatic heterocycles. The van der Waals surface area contributed by atoms with Gasteiger partial charge in [-0.25, -0.2) is 9.78 Å². The van der Waals surface area contributed by atoms with Crippen LogP contribution in [0.1, 0.15) is 61.4 Å². The van der Waals surface area contributed by atoms with Crippen molar-refractivity contribution in [3.63, 3.8) is 0 Å². The van der Waals surface area contributed by atoms with Crippen LogP contribution in [0.3, 0.4) is 0 Å². The molecule has 9 nitrogen and oxygen atoms in total. The van der Waals surface area contributed by atoms with Gasteiger partial charge in [0.1, 0.15) is 11.4 Å². The van der Waals surface area contributed by atoms with E-state index in [-0.39, 0.29) is 11.7 Å². The van der Waals surface area contributed by atoms with Crippen molar-refractivity contribution < 1.29 is 19.1 Å². The number of imidazole rings is 1. The highest BCUT2D eigenvalue weighted by Gasteiger charge is 2.29. The fourth-order valence-corrected chi connectivity index (χ4v) is 4.27. The number of nitrogens with zero attached hydrogens (tertiary/aromatic N) is 2. The first-order chi connectivity index (χ1) is 17.0. The summed E-state index contributed by atoms with van der Waals surface area (Å²) in [5.74, 6) is -0.300. The number of fused-ring (bicyclic) bond motifs is 1. The molecule has 10 heteroatoms. The number of hydrogen-bond donors (Lipinski definition) is 3. The molecule has 3 aromatic rings. The third-order valence-electron chi connectivity index (χ3n) is 5.78. The number of alkyl carbamates (subject to hydrolysis) is 1. The van der Waals surface area contributed by atoms with Crippen molar-refractivity contribution in [2.45, 2.75) is 52.2 Å². The number of amides is 3. The maximum atomic E-state index is 13.4. The quantitative estimate of drug-likeness (QED) is 0.447. The van der Waals surface area contributed by atoms with Crippen LogP contribution in [0.2, 0.25) is 5.02 Å². The summed E-state index contributed by atoms with van der Waals surface area (Å²) >= 11 is 6.08.